The number of carboxylic acid groups (broad SMARTS) is 2. The minimum atomic E-state index is -1.72. The van der Waals surface area contributed by atoms with Crippen LogP contribution in [0.5, 0.6) is 28.7 Å². The van der Waals surface area contributed by atoms with E-state index in [4.69, 9.17) is 23.0 Å². The molecule has 7 rings (SSSR count). The molecule has 2 aromatic heterocycles. The maximum Gasteiger partial charge on any atom is 0.340 e. The van der Waals surface area contributed by atoms with Crippen molar-refractivity contribution in [3.05, 3.63) is 71.9 Å². The Bertz CT molecular complexity index is 2080. The van der Waals surface area contributed by atoms with Crippen molar-refractivity contribution >= 4 is 22.9 Å². The first-order chi connectivity index (χ1) is 19.8. The van der Waals surface area contributed by atoms with E-state index in [-0.39, 0.29) is 69.6 Å². The lowest BCUT2D eigenvalue weighted by Crippen LogP contribution is -2.48. The van der Waals surface area contributed by atoms with Gasteiger partial charge in [-0.05, 0) is 6.92 Å². The Morgan fingerprint density at radius 3 is 2.36 bits per heavy atom. The van der Waals surface area contributed by atoms with Gasteiger partial charge in [0.2, 0.25) is 5.79 Å². The van der Waals surface area contributed by atoms with Gasteiger partial charge in [-0.25, -0.2) is 9.59 Å². The lowest BCUT2D eigenvalue weighted by molar-refractivity contribution is -0.220. The molecule has 2 atom stereocenters. The highest BCUT2D eigenvalue weighted by Crippen LogP contribution is 2.59. The van der Waals surface area contributed by atoms with Crippen molar-refractivity contribution < 1.29 is 58.2 Å². The lowest BCUT2D eigenvalue weighted by Gasteiger charge is -2.44. The van der Waals surface area contributed by atoms with Crippen LogP contribution in [0, 0.1) is 6.92 Å². The highest BCUT2D eigenvalue weighted by molar-refractivity contribution is 6.06. The summed E-state index contributed by atoms with van der Waals surface area (Å²) < 4.78 is 29.6. The first-order valence-corrected chi connectivity index (χ1v) is 12.4. The number of benzene rings is 2. The highest BCUT2D eigenvalue weighted by Gasteiger charge is 2.52. The number of phenolic OH excluding ortho intramolecular Hbond substituents is 1. The fourth-order valence-electron chi connectivity index (χ4n) is 5.86. The van der Waals surface area contributed by atoms with E-state index in [1.165, 1.54) is 19.9 Å². The molecule has 2 unspecified atom stereocenters. The molecule has 0 saturated carbocycles. The molecule has 0 aliphatic carbocycles. The largest absolute Gasteiger partial charge is 0.504 e. The molecule has 0 spiro atoms. The summed E-state index contributed by atoms with van der Waals surface area (Å²) in [5.74, 6) is -8.29. The van der Waals surface area contributed by atoms with Gasteiger partial charge in [-0.15, -0.1) is 0 Å². The van der Waals surface area contributed by atoms with Crippen molar-refractivity contribution in [2.24, 2.45) is 0 Å². The van der Waals surface area contributed by atoms with Gasteiger partial charge < -0.3 is 48.6 Å². The molecule has 0 amide bonds. The smallest absolute Gasteiger partial charge is 0.340 e. The summed E-state index contributed by atoms with van der Waals surface area (Å²) in [6.07, 6.45) is -1.73. The molecular weight excluding hydrogens is 560 g/mol. The maximum absolute atomic E-state index is 14.0. The van der Waals surface area contributed by atoms with E-state index in [0.29, 0.717) is 0 Å². The first kappa shape index (κ1) is 25.5. The van der Waals surface area contributed by atoms with Crippen molar-refractivity contribution in [3.8, 4) is 40.1 Å². The van der Waals surface area contributed by atoms with Gasteiger partial charge in [-0.3, -0.25) is 9.59 Å². The molecule has 0 radical (unpaired) electrons. The van der Waals surface area contributed by atoms with E-state index in [1.54, 1.807) is 0 Å². The predicted octanol–water partition coefficient (Wildman–Crippen LogP) is 2.90. The SMILES string of the molecule is Cc1cc(=O)c2c(o1)-c1c(c3c(c(O)c1C(=O)O)OC1(C)Cc4oc5cc(O)c(O)c(C(=O)O)c5c(=O)c4C3O1)OC2. The molecule has 2 bridgehead atoms. The normalized spacial score (nSPS) is 19.5. The monoisotopic (exact) mass is 578 g/mol. The summed E-state index contributed by atoms with van der Waals surface area (Å²) in [5, 5.41) is 51.0. The van der Waals surface area contributed by atoms with Crippen LogP contribution in [-0.4, -0.2) is 43.3 Å². The minimum Gasteiger partial charge on any atom is -0.504 e. The molecule has 4 aromatic rings. The molecule has 5 N–H and O–H groups in total. The average Bonchev–Trinajstić information content (AvgIpc) is 2.89. The number of rotatable bonds is 2. The third kappa shape index (κ3) is 3.17. The molecule has 14 heteroatoms. The van der Waals surface area contributed by atoms with Crippen LogP contribution in [0.2, 0.25) is 0 Å². The topological polar surface area (TPSA) is 223 Å². The molecule has 3 aliphatic rings. The highest BCUT2D eigenvalue weighted by atomic mass is 16.7. The number of carbonyl (C=O) groups is 2. The van der Waals surface area contributed by atoms with Gasteiger partial charge >= 0.3 is 11.9 Å². The maximum atomic E-state index is 14.0. The van der Waals surface area contributed by atoms with Gasteiger partial charge in [0.25, 0.3) is 0 Å². The number of aromatic carboxylic acids is 2. The summed E-state index contributed by atoms with van der Waals surface area (Å²) in [4.78, 5) is 51.2. The Balaban J connectivity index is 1.62. The van der Waals surface area contributed by atoms with Gasteiger partial charge in [0.05, 0.1) is 34.1 Å². The molecule has 0 fully saturated rings. The zero-order chi connectivity index (χ0) is 30.0. The van der Waals surface area contributed by atoms with Crippen molar-refractivity contribution in [3.63, 3.8) is 0 Å². The Morgan fingerprint density at radius 1 is 0.952 bits per heavy atom. The Labute approximate surface area is 232 Å². The van der Waals surface area contributed by atoms with Gasteiger partial charge in [0, 0.05) is 19.1 Å². The number of hydrogen-bond acceptors (Lipinski definition) is 12. The van der Waals surface area contributed by atoms with Crippen LogP contribution in [0.4, 0.5) is 0 Å². The Hall–Kier alpha value is -5.50. The average molecular weight is 578 g/mol. The second kappa shape index (κ2) is 8.04. The number of hydrogen-bond donors (Lipinski definition) is 5. The van der Waals surface area contributed by atoms with Gasteiger partial charge in [-0.1, -0.05) is 0 Å². The van der Waals surface area contributed by atoms with E-state index in [1.807, 2.05) is 0 Å². The fourth-order valence-corrected chi connectivity index (χ4v) is 5.86. The number of aryl methyl sites for hydroxylation is 1. The number of carboxylic acids is 2. The van der Waals surface area contributed by atoms with E-state index >= 15 is 0 Å². The fraction of sp³-hybridized carbons (Fsp3) is 0.214. The summed E-state index contributed by atoms with van der Waals surface area (Å²) in [6.45, 7) is 2.57. The molecule has 3 aliphatic heterocycles. The quantitative estimate of drug-likeness (QED) is 0.216. The number of fused-ring (bicyclic) bond motifs is 11. The van der Waals surface area contributed by atoms with Crippen molar-refractivity contribution in [1.29, 1.82) is 0 Å². The Morgan fingerprint density at radius 2 is 1.67 bits per heavy atom. The summed E-state index contributed by atoms with van der Waals surface area (Å²) in [5.41, 5.74) is -4.01. The first-order valence-electron chi connectivity index (χ1n) is 12.4. The summed E-state index contributed by atoms with van der Waals surface area (Å²) in [6, 6.07) is 2.10. The number of phenols is 3. The Kier molecular flexibility index (Phi) is 4.87. The summed E-state index contributed by atoms with van der Waals surface area (Å²) >= 11 is 0. The van der Waals surface area contributed by atoms with E-state index in [2.05, 4.69) is 0 Å². The molecule has 0 saturated heterocycles. The van der Waals surface area contributed by atoms with Crippen molar-refractivity contribution in [2.45, 2.75) is 38.8 Å². The van der Waals surface area contributed by atoms with Crippen LogP contribution in [0.25, 0.3) is 22.3 Å². The zero-order valence-corrected chi connectivity index (χ0v) is 21.6. The molecular formula is C28H18O14. The lowest BCUT2D eigenvalue weighted by atomic mass is 9.85. The van der Waals surface area contributed by atoms with Crippen LogP contribution < -0.4 is 20.3 Å². The third-order valence-corrected chi connectivity index (χ3v) is 7.54. The van der Waals surface area contributed by atoms with Gasteiger partial charge in [0.1, 0.15) is 52.5 Å². The standard InChI is InChI=1S/C28H18O14/c1-7-3-9(29)8-6-38-23-17(22(8)39-7)16(27(36)37)21(33)25-18(23)24-14-12(5-28(2,41-24)42-25)40-11-4-10(30)19(31)15(26(34)35)13(11)20(14)32/h3-4,24,30-31,33H,5-6H2,1-2H3,(H,34,35)(H,36,37). The molecule has 5 heterocycles. The minimum absolute atomic E-state index is 0.00614. The molecule has 2 aromatic carbocycles. The summed E-state index contributed by atoms with van der Waals surface area (Å²) in [7, 11) is 0. The number of aromatic hydroxyl groups is 3. The van der Waals surface area contributed by atoms with Gasteiger partial charge in [-0.2, -0.15) is 0 Å². The molecule has 42 heavy (non-hydrogen) atoms. The molecule has 14 nitrogen and oxygen atoms in total. The number of ether oxygens (including phenoxy) is 3. The van der Waals surface area contributed by atoms with Crippen LogP contribution >= 0.6 is 0 Å². The third-order valence-electron chi connectivity index (χ3n) is 7.54. The van der Waals surface area contributed by atoms with Gasteiger partial charge in [0.15, 0.2) is 33.9 Å². The zero-order valence-electron chi connectivity index (χ0n) is 21.6. The predicted molar refractivity (Wildman–Crippen MR) is 137 cm³/mol. The van der Waals surface area contributed by atoms with Crippen molar-refractivity contribution in [2.75, 3.05) is 0 Å². The van der Waals surface area contributed by atoms with E-state index in [9.17, 15) is 44.7 Å². The van der Waals surface area contributed by atoms with Crippen LogP contribution in [-0.2, 0) is 17.8 Å². The van der Waals surface area contributed by atoms with Crippen LogP contribution in [0.15, 0.2) is 30.6 Å². The van der Waals surface area contributed by atoms with E-state index in [0.717, 1.165) is 6.07 Å². The second-order valence-electron chi connectivity index (χ2n) is 10.3. The van der Waals surface area contributed by atoms with E-state index < -0.39 is 68.4 Å². The second-order valence-corrected chi connectivity index (χ2v) is 10.3. The molecule has 214 valence electrons. The van der Waals surface area contributed by atoms with Crippen LogP contribution in [0.1, 0.15) is 62.0 Å². The van der Waals surface area contributed by atoms with Crippen molar-refractivity contribution in [1.82, 2.24) is 0 Å². The van der Waals surface area contributed by atoms with Crippen LogP contribution in [0.3, 0.4) is 0 Å².